The van der Waals surface area contributed by atoms with E-state index >= 15 is 0 Å². The number of nitrogens with zero attached hydrogens (tertiary/aromatic N) is 2. The second-order valence-corrected chi connectivity index (χ2v) is 7.41. The van der Waals surface area contributed by atoms with Crippen molar-refractivity contribution in [3.05, 3.63) is 41.0 Å². The van der Waals surface area contributed by atoms with Crippen LogP contribution in [-0.4, -0.2) is 28.6 Å². The van der Waals surface area contributed by atoms with E-state index < -0.39 is 0 Å². The van der Waals surface area contributed by atoms with Gasteiger partial charge in [0.1, 0.15) is 27.6 Å². The molecule has 0 amide bonds. The number of esters is 1. The summed E-state index contributed by atoms with van der Waals surface area (Å²) in [6.07, 6.45) is 2.30. The van der Waals surface area contributed by atoms with Crippen LogP contribution in [0, 0.1) is 6.92 Å². The Balaban J connectivity index is 1.88. The van der Waals surface area contributed by atoms with Crippen LogP contribution in [0.25, 0.3) is 10.2 Å². The lowest BCUT2D eigenvalue weighted by molar-refractivity contribution is 0.0383. The Bertz CT molecular complexity index is 936. The Morgan fingerprint density at radius 3 is 2.63 bits per heavy atom. The molecule has 6 nitrogen and oxygen atoms in total. The van der Waals surface area contributed by atoms with Crippen molar-refractivity contribution in [1.82, 2.24) is 9.97 Å². The summed E-state index contributed by atoms with van der Waals surface area (Å²) in [4.78, 5) is 22.3. The first-order valence-corrected chi connectivity index (χ1v) is 9.76. The van der Waals surface area contributed by atoms with Crippen LogP contribution in [-0.2, 0) is 4.74 Å². The van der Waals surface area contributed by atoms with Gasteiger partial charge < -0.3 is 14.8 Å². The summed E-state index contributed by atoms with van der Waals surface area (Å²) in [6, 6.07) is 7.72. The van der Waals surface area contributed by atoms with Gasteiger partial charge in [0.2, 0.25) is 0 Å². The maximum absolute atomic E-state index is 12.3. The summed E-state index contributed by atoms with van der Waals surface area (Å²) in [5.41, 5.74) is 1.71. The Morgan fingerprint density at radius 2 is 1.96 bits per heavy atom. The normalized spacial score (nSPS) is 11.0. The van der Waals surface area contributed by atoms with Crippen LogP contribution in [0.1, 0.15) is 42.4 Å². The van der Waals surface area contributed by atoms with E-state index in [1.54, 1.807) is 0 Å². The van der Waals surface area contributed by atoms with E-state index in [4.69, 9.17) is 9.47 Å². The average molecular weight is 385 g/mol. The van der Waals surface area contributed by atoms with Gasteiger partial charge in [0.25, 0.3) is 0 Å². The third-order valence-electron chi connectivity index (χ3n) is 3.84. The maximum atomic E-state index is 12.3. The second kappa shape index (κ2) is 8.35. The Labute approximate surface area is 162 Å². The lowest BCUT2D eigenvalue weighted by atomic mass is 10.2. The molecule has 2 aromatic heterocycles. The van der Waals surface area contributed by atoms with Crippen molar-refractivity contribution in [3.63, 3.8) is 0 Å². The van der Waals surface area contributed by atoms with Crippen LogP contribution in [0.15, 0.2) is 30.6 Å². The lowest BCUT2D eigenvalue weighted by Crippen LogP contribution is -2.11. The molecular formula is C20H23N3O3S. The van der Waals surface area contributed by atoms with Crippen LogP contribution in [0.2, 0.25) is 0 Å². The highest BCUT2D eigenvalue weighted by Crippen LogP contribution is 2.35. The first-order valence-electron chi connectivity index (χ1n) is 8.94. The number of nitrogens with one attached hydrogen (secondary N) is 1. The molecule has 1 N–H and O–H groups in total. The second-order valence-electron chi connectivity index (χ2n) is 6.41. The van der Waals surface area contributed by atoms with Gasteiger partial charge in [0, 0.05) is 5.69 Å². The molecule has 0 saturated carbocycles. The van der Waals surface area contributed by atoms with Gasteiger partial charge in [0.15, 0.2) is 0 Å². The number of hydrogen-bond acceptors (Lipinski definition) is 7. The molecule has 142 valence electrons. The minimum Gasteiger partial charge on any atom is -0.494 e. The summed E-state index contributed by atoms with van der Waals surface area (Å²) >= 11 is 1.32. The first kappa shape index (κ1) is 19.1. The number of thiophene rings is 1. The topological polar surface area (TPSA) is 73.3 Å². The van der Waals surface area contributed by atoms with Crippen molar-refractivity contribution >= 4 is 39.0 Å². The van der Waals surface area contributed by atoms with E-state index in [0.29, 0.717) is 17.3 Å². The van der Waals surface area contributed by atoms with E-state index in [-0.39, 0.29) is 12.1 Å². The van der Waals surface area contributed by atoms with Crippen molar-refractivity contribution in [2.75, 3.05) is 11.9 Å². The van der Waals surface area contributed by atoms with Crippen LogP contribution >= 0.6 is 11.3 Å². The average Bonchev–Trinajstić information content (AvgIpc) is 2.98. The monoisotopic (exact) mass is 385 g/mol. The van der Waals surface area contributed by atoms with Gasteiger partial charge in [0.05, 0.1) is 18.1 Å². The number of aryl methyl sites for hydroxylation is 1. The predicted molar refractivity (Wildman–Crippen MR) is 108 cm³/mol. The summed E-state index contributed by atoms with van der Waals surface area (Å²) in [5.74, 6) is 1.18. The largest absolute Gasteiger partial charge is 0.494 e. The fourth-order valence-corrected chi connectivity index (χ4v) is 3.65. The number of benzene rings is 1. The molecule has 0 aliphatic rings. The predicted octanol–water partition coefficient (Wildman–Crippen LogP) is 5.10. The molecule has 0 bridgehead atoms. The third-order valence-corrected chi connectivity index (χ3v) is 5.02. The number of anilines is 2. The number of fused-ring (bicyclic) bond motifs is 1. The number of hydrogen-bond donors (Lipinski definition) is 1. The smallest absolute Gasteiger partial charge is 0.348 e. The van der Waals surface area contributed by atoms with Crippen LogP contribution in [0.5, 0.6) is 5.75 Å². The molecule has 2 heterocycles. The molecule has 0 spiro atoms. The summed E-state index contributed by atoms with van der Waals surface area (Å²) < 4.78 is 10.9. The molecular weight excluding hydrogens is 362 g/mol. The van der Waals surface area contributed by atoms with E-state index in [9.17, 15) is 4.79 Å². The molecule has 0 atom stereocenters. The van der Waals surface area contributed by atoms with Crippen molar-refractivity contribution in [1.29, 1.82) is 0 Å². The molecule has 0 aliphatic heterocycles. The molecule has 0 aliphatic carbocycles. The van der Waals surface area contributed by atoms with Crippen molar-refractivity contribution < 1.29 is 14.3 Å². The molecule has 3 rings (SSSR count). The first-order chi connectivity index (χ1) is 13.0. The highest BCUT2D eigenvalue weighted by atomic mass is 32.1. The number of aromatic nitrogens is 2. The Kier molecular flexibility index (Phi) is 5.91. The van der Waals surface area contributed by atoms with Gasteiger partial charge >= 0.3 is 5.97 Å². The third kappa shape index (κ3) is 4.36. The van der Waals surface area contributed by atoms with Gasteiger partial charge in [-0.25, -0.2) is 14.8 Å². The van der Waals surface area contributed by atoms with E-state index in [0.717, 1.165) is 33.6 Å². The van der Waals surface area contributed by atoms with Crippen molar-refractivity contribution in [2.24, 2.45) is 0 Å². The molecule has 0 radical (unpaired) electrons. The summed E-state index contributed by atoms with van der Waals surface area (Å²) in [7, 11) is 0. The number of rotatable bonds is 7. The zero-order chi connectivity index (χ0) is 19.4. The van der Waals surface area contributed by atoms with Crippen molar-refractivity contribution in [3.8, 4) is 5.75 Å². The molecule has 27 heavy (non-hydrogen) atoms. The van der Waals surface area contributed by atoms with Gasteiger partial charge in [-0.1, -0.05) is 6.92 Å². The van der Waals surface area contributed by atoms with Gasteiger partial charge in [-0.05, 0) is 57.0 Å². The standard InChI is InChI=1S/C20H23N3O3S/c1-5-10-25-15-8-6-14(7-9-15)23-18-16-13(4)17(20(24)26-12(2)3)27-19(16)22-11-21-18/h6-9,11-12H,5,10H2,1-4H3,(H,21,22,23). The van der Waals surface area contributed by atoms with Crippen LogP contribution in [0.4, 0.5) is 11.5 Å². The Morgan fingerprint density at radius 1 is 1.22 bits per heavy atom. The molecule has 0 fully saturated rings. The van der Waals surface area contributed by atoms with Gasteiger partial charge in [-0.3, -0.25) is 0 Å². The highest BCUT2D eigenvalue weighted by molar-refractivity contribution is 7.20. The quantitative estimate of drug-likeness (QED) is 0.571. The van der Waals surface area contributed by atoms with Crippen LogP contribution in [0.3, 0.4) is 0 Å². The highest BCUT2D eigenvalue weighted by Gasteiger charge is 2.21. The van der Waals surface area contributed by atoms with Crippen molar-refractivity contribution in [2.45, 2.75) is 40.2 Å². The maximum Gasteiger partial charge on any atom is 0.348 e. The molecule has 7 heteroatoms. The number of carbonyl (C=O) groups is 1. The van der Waals surface area contributed by atoms with Gasteiger partial charge in [-0.15, -0.1) is 11.3 Å². The zero-order valence-electron chi connectivity index (χ0n) is 15.9. The zero-order valence-corrected chi connectivity index (χ0v) is 16.7. The Hall–Kier alpha value is -2.67. The summed E-state index contributed by atoms with van der Waals surface area (Å²) in [5, 5.41) is 4.15. The minimum absolute atomic E-state index is 0.167. The van der Waals surface area contributed by atoms with E-state index in [2.05, 4.69) is 22.2 Å². The van der Waals surface area contributed by atoms with Gasteiger partial charge in [-0.2, -0.15) is 0 Å². The number of ether oxygens (including phenoxy) is 2. The van der Waals surface area contributed by atoms with E-state index in [1.807, 2.05) is 45.0 Å². The molecule has 0 saturated heterocycles. The van der Waals surface area contributed by atoms with E-state index in [1.165, 1.54) is 17.7 Å². The lowest BCUT2D eigenvalue weighted by Gasteiger charge is -2.09. The fourth-order valence-electron chi connectivity index (χ4n) is 2.62. The van der Waals surface area contributed by atoms with Crippen LogP contribution < -0.4 is 10.1 Å². The molecule has 0 unspecified atom stereocenters. The summed E-state index contributed by atoms with van der Waals surface area (Å²) in [6.45, 7) is 8.34. The fraction of sp³-hybridized carbons (Fsp3) is 0.350. The molecule has 1 aromatic carbocycles. The molecule has 3 aromatic rings. The number of carbonyl (C=O) groups excluding carboxylic acids is 1. The SMILES string of the molecule is CCCOc1ccc(Nc2ncnc3sc(C(=O)OC(C)C)c(C)c23)cc1. The minimum atomic E-state index is -0.325.